The second-order valence-electron chi connectivity index (χ2n) is 7.42. The molecule has 0 spiro atoms. The second kappa shape index (κ2) is 11.2. The molecule has 0 saturated heterocycles. The summed E-state index contributed by atoms with van der Waals surface area (Å²) < 4.78 is 12.4. The van der Waals surface area contributed by atoms with Gasteiger partial charge in [-0.15, -0.1) is 0 Å². The zero-order valence-corrected chi connectivity index (χ0v) is 19.3. The van der Waals surface area contributed by atoms with Crippen molar-refractivity contribution in [3.63, 3.8) is 0 Å². The Hall–Kier alpha value is -2.74. The van der Waals surface area contributed by atoms with Crippen LogP contribution >= 0.6 is 11.6 Å². The molecule has 0 aliphatic carbocycles. The first kappa shape index (κ1) is 23.9. The monoisotopic (exact) mass is 457 g/mol. The predicted octanol–water partition coefficient (Wildman–Crippen LogP) is 3.82. The van der Waals surface area contributed by atoms with E-state index >= 15 is 0 Å². The minimum absolute atomic E-state index is 0.0809. The topological polar surface area (TPSA) is 73.7 Å². The lowest BCUT2D eigenvalue weighted by Crippen LogP contribution is -2.41. The highest BCUT2D eigenvalue weighted by atomic mass is 35.5. The highest BCUT2D eigenvalue weighted by molar-refractivity contribution is 6.31. The number of hydrogen-bond acceptors (Lipinski definition) is 5. The van der Waals surface area contributed by atoms with Crippen LogP contribution in [-0.2, 0) is 27.4 Å². The molecule has 3 aromatic rings. The van der Waals surface area contributed by atoms with Gasteiger partial charge in [-0.05, 0) is 37.6 Å². The lowest BCUT2D eigenvalue weighted by molar-refractivity contribution is -0.139. The first-order valence-corrected chi connectivity index (χ1v) is 10.9. The number of methoxy groups -OCH3 is 1. The van der Waals surface area contributed by atoms with Gasteiger partial charge in [-0.1, -0.05) is 41.9 Å². The first-order chi connectivity index (χ1) is 15.5. The first-order valence-electron chi connectivity index (χ1n) is 10.6. The van der Waals surface area contributed by atoms with Crippen molar-refractivity contribution < 1.29 is 14.3 Å². The maximum atomic E-state index is 13.1. The molecular formula is C24H28ClN3O4. The number of halogens is 1. The maximum Gasteiger partial charge on any atom is 0.261 e. The largest absolute Gasteiger partial charge is 0.383 e. The number of ether oxygens (including phenoxy) is 2. The van der Waals surface area contributed by atoms with Gasteiger partial charge in [-0.25, -0.2) is 4.98 Å². The van der Waals surface area contributed by atoms with E-state index in [0.29, 0.717) is 48.1 Å². The smallest absolute Gasteiger partial charge is 0.261 e. The number of carbonyl (C=O) groups excluding carboxylic acids is 1. The third-order valence-corrected chi connectivity index (χ3v) is 5.53. The average molecular weight is 458 g/mol. The predicted molar refractivity (Wildman–Crippen MR) is 125 cm³/mol. The Kier molecular flexibility index (Phi) is 8.39. The van der Waals surface area contributed by atoms with Gasteiger partial charge in [0, 0.05) is 25.2 Å². The summed E-state index contributed by atoms with van der Waals surface area (Å²) in [5.74, 6) is 0.318. The summed E-state index contributed by atoms with van der Waals surface area (Å²) in [5, 5.41) is 0.934. The Morgan fingerprint density at radius 1 is 1.22 bits per heavy atom. The molecule has 0 aliphatic rings. The van der Waals surface area contributed by atoms with Gasteiger partial charge in [0.15, 0.2) is 0 Å². The van der Waals surface area contributed by atoms with Crippen LogP contribution in [0.15, 0.2) is 53.3 Å². The van der Waals surface area contributed by atoms with Crippen LogP contribution in [0.4, 0.5) is 0 Å². The van der Waals surface area contributed by atoms with Crippen molar-refractivity contribution in [1.82, 2.24) is 14.5 Å². The highest BCUT2D eigenvalue weighted by Gasteiger charge is 2.26. The standard InChI is InChI=1S/C24H28ClN3O4/c1-4-27-23(26-21-11-10-19(25)14-20(21)24(27)30)17(2)28(12-13-31-3)22(29)16-32-15-18-8-6-5-7-9-18/h5-11,14,17H,4,12-13,15-16H2,1-3H3. The van der Waals surface area contributed by atoms with Gasteiger partial charge >= 0.3 is 0 Å². The number of rotatable bonds is 10. The summed E-state index contributed by atoms with van der Waals surface area (Å²) in [6, 6.07) is 14.3. The van der Waals surface area contributed by atoms with E-state index in [1.165, 1.54) is 0 Å². The van der Waals surface area contributed by atoms with Gasteiger partial charge < -0.3 is 14.4 Å². The fourth-order valence-electron chi connectivity index (χ4n) is 3.61. The number of hydrogen-bond donors (Lipinski definition) is 0. The van der Waals surface area contributed by atoms with Crippen molar-refractivity contribution >= 4 is 28.4 Å². The summed E-state index contributed by atoms with van der Waals surface area (Å²) in [4.78, 5) is 32.5. The normalized spacial score (nSPS) is 12.1. The summed E-state index contributed by atoms with van der Waals surface area (Å²) in [6.45, 7) is 5.12. The molecular weight excluding hydrogens is 430 g/mol. The highest BCUT2D eigenvalue weighted by Crippen LogP contribution is 2.22. The number of benzene rings is 2. The number of amides is 1. The minimum atomic E-state index is -0.453. The van der Waals surface area contributed by atoms with Crippen molar-refractivity contribution in [3.05, 3.63) is 75.3 Å². The molecule has 0 aliphatic heterocycles. The Labute approximate surface area is 192 Å². The van der Waals surface area contributed by atoms with Crippen molar-refractivity contribution in [3.8, 4) is 0 Å². The van der Waals surface area contributed by atoms with Crippen molar-refractivity contribution in [2.75, 3.05) is 26.9 Å². The van der Waals surface area contributed by atoms with Gasteiger partial charge in [0.2, 0.25) is 5.91 Å². The van der Waals surface area contributed by atoms with Crippen LogP contribution in [0, 0.1) is 0 Å². The van der Waals surface area contributed by atoms with Crippen molar-refractivity contribution in [1.29, 1.82) is 0 Å². The molecule has 32 heavy (non-hydrogen) atoms. The molecule has 3 rings (SSSR count). The van der Waals surface area contributed by atoms with E-state index in [0.717, 1.165) is 5.56 Å². The van der Waals surface area contributed by atoms with Crippen LogP contribution in [0.25, 0.3) is 10.9 Å². The van der Waals surface area contributed by atoms with Crippen LogP contribution in [0.1, 0.15) is 31.3 Å². The number of aromatic nitrogens is 2. The number of nitrogens with zero attached hydrogens (tertiary/aromatic N) is 3. The van der Waals surface area contributed by atoms with Crippen LogP contribution in [0.2, 0.25) is 5.02 Å². The molecule has 1 heterocycles. The molecule has 1 aromatic heterocycles. The molecule has 0 bridgehead atoms. The van der Waals surface area contributed by atoms with E-state index < -0.39 is 6.04 Å². The van der Waals surface area contributed by atoms with Gasteiger partial charge in [-0.2, -0.15) is 0 Å². The Bertz CT molecular complexity index is 1120. The molecule has 2 aromatic carbocycles. The summed E-state index contributed by atoms with van der Waals surface area (Å²) in [5.41, 5.74) is 1.36. The van der Waals surface area contributed by atoms with E-state index in [4.69, 9.17) is 26.1 Å². The van der Waals surface area contributed by atoms with Crippen LogP contribution in [0.3, 0.4) is 0 Å². The van der Waals surface area contributed by atoms with E-state index in [1.54, 1.807) is 34.8 Å². The van der Waals surface area contributed by atoms with Gasteiger partial charge in [0.25, 0.3) is 5.56 Å². The molecule has 8 heteroatoms. The molecule has 0 N–H and O–H groups in total. The quantitative estimate of drug-likeness (QED) is 0.462. The molecule has 1 unspecified atom stereocenters. The third-order valence-electron chi connectivity index (χ3n) is 5.30. The van der Waals surface area contributed by atoms with Crippen LogP contribution in [-0.4, -0.2) is 47.2 Å². The Morgan fingerprint density at radius 3 is 2.66 bits per heavy atom. The van der Waals surface area contributed by atoms with Gasteiger partial charge in [-0.3, -0.25) is 14.2 Å². The summed E-state index contributed by atoms with van der Waals surface area (Å²) in [6.07, 6.45) is 0. The van der Waals surface area contributed by atoms with E-state index in [2.05, 4.69) is 0 Å². The molecule has 7 nitrogen and oxygen atoms in total. The van der Waals surface area contributed by atoms with E-state index in [-0.39, 0.29) is 18.1 Å². The molecule has 0 radical (unpaired) electrons. The Morgan fingerprint density at radius 2 is 1.97 bits per heavy atom. The second-order valence-corrected chi connectivity index (χ2v) is 7.85. The lowest BCUT2D eigenvalue weighted by Gasteiger charge is -2.30. The fourth-order valence-corrected chi connectivity index (χ4v) is 3.78. The lowest BCUT2D eigenvalue weighted by atomic mass is 10.2. The molecule has 0 fully saturated rings. The van der Waals surface area contributed by atoms with Gasteiger partial charge in [0.05, 0.1) is 30.2 Å². The van der Waals surface area contributed by atoms with Crippen molar-refractivity contribution in [2.45, 2.75) is 33.0 Å². The SMILES string of the molecule is CCn1c(C(C)N(CCOC)C(=O)COCc2ccccc2)nc2ccc(Cl)cc2c1=O. The average Bonchev–Trinajstić information content (AvgIpc) is 2.80. The summed E-state index contributed by atoms with van der Waals surface area (Å²) in [7, 11) is 1.58. The number of carbonyl (C=O) groups is 1. The zero-order valence-electron chi connectivity index (χ0n) is 18.6. The summed E-state index contributed by atoms with van der Waals surface area (Å²) >= 11 is 6.07. The maximum absolute atomic E-state index is 13.1. The molecule has 1 amide bonds. The molecule has 170 valence electrons. The van der Waals surface area contributed by atoms with E-state index in [9.17, 15) is 9.59 Å². The van der Waals surface area contributed by atoms with Crippen LogP contribution < -0.4 is 5.56 Å². The van der Waals surface area contributed by atoms with E-state index in [1.807, 2.05) is 44.2 Å². The minimum Gasteiger partial charge on any atom is -0.383 e. The molecule has 1 atom stereocenters. The number of fused-ring (bicyclic) bond motifs is 1. The molecule has 0 saturated carbocycles. The fraction of sp³-hybridized carbons (Fsp3) is 0.375. The van der Waals surface area contributed by atoms with Gasteiger partial charge in [0.1, 0.15) is 12.4 Å². The van der Waals surface area contributed by atoms with Crippen LogP contribution in [0.5, 0.6) is 0 Å². The third kappa shape index (κ3) is 5.54. The van der Waals surface area contributed by atoms with Crippen molar-refractivity contribution in [2.24, 2.45) is 0 Å². The zero-order chi connectivity index (χ0) is 23.1. The Balaban J connectivity index is 1.86.